The molecule has 0 saturated heterocycles. The summed E-state index contributed by atoms with van der Waals surface area (Å²) < 4.78 is 52.3. The van der Waals surface area contributed by atoms with E-state index in [0.717, 1.165) is 6.07 Å². The molecular formula is C13H11ClF4N2. The first kappa shape index (κ1) is 14.8. The van der Waals surface area contributed by atoms with Crippen LogP contribution in [-0.4, -0.2) is 11.5 Å². The van der Waals surface area contributed by atoms with Gasteiger partial charge in [0.25, 0.3) is 0 Å². The number of fused-ring (bicyclic) bond motifs is 1. The van der Waals surface area contributed by atoms with Gasteiger partial charge in [0.2, 0.25) is 0 Å². The minimum absolute atomic E-state index is 0.0328. The number of hydrogen-bond acceptors (Lipinski definition) is 2. The third-order valence-corrected chi connectivity index (χ3v) is 3.18. The molecular weight excluding hydrogens is 296 g/mol. The van der Waals surface area contributed by atoms with Crippen LogP contribution in [0.3, 0.4) is 0 Å². The molecule has 20 heavy (non-hydrogen) atoms. The number of benzene rings is 1. The number of aromatic nitrogens is 1. The van der Waals surface area contributed by atoms with E-state index in [0.29, 0.717) is 11.9 Å². The number of rotatable bonds is 2. The molecule has 0 aliphatic heterocycles. The van der Waals surface area contributed by atoms with Crippen molar-refractivity contribution in [2.45, 2.75) is 20.0 Å². The maximum Gasteiger partial charge on any atom is 0.433 e. The Morgan fingerprint density at radius 1 is 1.30 bits per heavy atom. The lowest BCUT2D eigenvalue weighted by molar-refractivity contribution is -0.141. The average molecular weight is 307 g/mol. The van der Waals surface area contributed by atoms with Crippen LogP contribution in [0.5, 0.6) is 0 Å². The van der Waals surface area contributed by atoms with Crippen molar-refractivity contribution in [3.63, 3.8) is 0 Å². The maximum atomic E-state index is 13.4. The Hall–Kier alpha value is -1.56. The van der Waals surface area contributed by atoms with Gasteiger partial charge in [-0.25, -0.2) is 9.37 Å². The Labute approximate surface area is 117 Å². The summed E-state index contributed by atoms with van der Waals surface area (Å²) in [5.41, 5.74) is -0.871. The molecule has 1 heterocycles. The largest absolute Gasteiger partial charge is 0.433 e. The van der Waals surface area contributed by atoms with Crippen LogP contribution >= 0.6 is 11.6 Å². The predicted molar refractivity (Wildman–Crippen MR) is 70.6 cm³/mol. The highest BCUT2D eigenvalue weighted by Crippen LogP contribution is 2.38. The molecule has 0 spiro atoms. The molecule has 0 aliphatic rings. The summed E-state index contributed by atoms with van der Waals surface area (Å²) in [6, 6.07) is 2.19. The molecule has 0 fully saturated rings. The number of nitrogens with one attached hydrogen (secondary N) is 1. The van der Waals surface area contributed by atoms with E-state index in [1.54, 1.807) is 6.92 Å². The molecule has 0 saturated carbocycles. The van der Waals surface area contributed by atoms with Crippen molar-refractivity contribution in [3.05, 3.63) is 34.2 Å². The van der Waals surface area contributed by atoms with Gasteiger partial charge >= 0.3 is 6.18 Å². The van der Waals surface area contributed by atoms with Gasteiger partial charge in [0.1, 0.15) is 11.5 Å². The Kier molecular flexibility index (Phi) is 3.77. The summed E-state index contributed by atoms with van der Waals surface area (Å²) >= 11 is 5.69. The topological polar surface area (TPSA) is 24.9 Å². The standard InChI is InChI=1S/C13H11ClF4N2/c1-3-19-11-6(2)12(13(16,17)18)20-10-5-9(15)8(14)4-7(10)11/h4-5H,3H2,1-2H3,(H,19,20). The van der Waals surface area contributed by atoms with Gasteiger partial charge in [-0.1, -0.05) is 11.6 Å². The van der Waals surface area contributed by atoms with Crippen LogP contribution in [0.1, 0.15) is 18.2 Å². The summed E-state index contributed by atoms with van der Waals surface area (Å²) in [6.07, 6.45) is -4.60. The molecule has 0 unspecified atom stereocenters. The molecule has 0 aliphatic carbocycles. The number of pyridine rings is 1. The molecule has 1 N–H and O–H groups in total. The van der Waals surface area contributed by atoms with Crippen LogP contribution in [0, 0.1) is 12.7 Å². The van der Waals surface area contributed by atoms with Gasteiger partial charge < -0.3 is 5.32 Å². The third-order valence-electron chi connectivity index (χ3n) is 2.89. The lowest BCUT2D eigenvalue weighted by Crippen LogP contribution is -2.13. The van der Waals surface area contributed by atoms with Crippen molar-refractivity contribution >= 4 is 28.2 Å². The van der Waals surface area contributed by atoms with Crippen molar-refractivity contribution in [3.8, 4) is 0 Å². The van der Waals surface area contributed by atoms with Crippen LogP contribution < -0.4 is 5.32 Å². The van der Waals surface area contributed by atoms with Crippen molar-refractivity contribution in [2.24, 2.45) is 0 Å². The van der Waals surface area contributed by atoms with Crippen molar-refractivity contribution in [2.75, 3.05) is 11.9 Å². The summed E-state index contributed by atoms with van der Waals surface area (Å²) in [5, 5.41) is 3.07. The van der Waals surface area contributed by atoms with Crippen molar-refractivity contribution in [1.29, 1.82) is 0 Å². The van der Waals surface area contributed by atoms with Crippen LogP contribution in [0.25, 0.3) is 10.9 Å². The number of alkyl halides is 3. The minimum atomic E-state index is -4.60. The number of nitrogens with zero attached hydrogens (tertiary/aromatic N) is 1. The lowest BCUT2D eigenvalue weighted by atomic mass is 10.1. The highest BCUT2D eigenvalue weighted by atomic mass is 35.5. The highest BCUT2D eigenvalue weighted by molar-refractivity contribution is 6.31. The average Bonchev–Trinajstić information content (AvgIpc) is 2.33. The molecule has 1 aromatic heterocycles. The van der Waals surface area contributed by atoms with Gasteiger partial charge in [0.05, 0.1) is 10.5 Å². The number of halogens is 5. The summed E-state index contributed by atoms with van der Waals surface area (Å²) in [7, 11) is 0. The smallest absolute Gasteiger partial charge is 0.385 e. The second-order valence-electron chi connectivity index (χ2n) is 4.27. The SMILES string of the molecule is CCNc1c(C)c(C(F)(F)F)nc2cc(F)c(Cl)cc12. The molecule has 0 bridgehead atoms. The molecule has 7 heteroatoms. The Morgan fingerprint density at radius 2 is 1.95 bits per heavy atom. The van der Waals surface area contributed by atoms with Crippen molar-refractivity contribution in [1.82, 2.24) is 4.98 Å². The molecule has 0 amide bonds. The summed E-state index contributed by atoms with van der Waals surface area (Å²) in [5.74, 6) is -0.800. The van der Waals surface area contributed by atoms with Crippen LogP contribution in [0.15, 0.2) is 12.1 Å². The van der Waals surface area contributed by atoms with Crippen molar-refractivity contribution < 1.29 is 17.6 Å². The van der Waals surface area contributed by atoms with E-state index in [1.165, 1.54) is 13.0 Å². The first-order valence-electron chi connectivity index (χ1n) is 5.86. The van der Waals surface area contributed by atoms with E-state index in [-0.39, 0.29) is 21.8 Å². The number of anilines is 1. The van der Waals surface area contributed by atoms with Gasteiger partial charge in [0, 0.05) is 29.2 Å². The van der Waals surface area contributed by atoms with Gasteiger partial charge in [-0.2, -0.15) is 13.2 Å². The second kappa shape index (κ2) is 5.09. The van der Waals surface area contributed by atoms with Gasteiger partial charge in [-0.05, 0) is 19.9 Å². The molecule has 2 nitrogen and oxygen atoms in total. The van der Waals surface area contributed by atoms with Gasteiger partial charge in [-0.15, -0.1) is 0 Å². The zero-order valence-electron chi connectivity index (χ0n) is 10.7. The minimum Gasteiger partial charge on any atom is -0.385 e. The zero-order chi connectivity index (χ0) is 15.1. The van der Waals surface area contributed by atoms with Crippen LogP contribution in [-0.2, 0) is 6.18 Å². The van der Waals surface area contributed by atoms with E-state index in [4.69, 9.17) is 11.6 Å². The number of hydrogen-bond donors (Lipinski definition) is 1. The first-order valence-corrected chi connectivity index (χ1v) is 6.24. The molecule has 0 atom stereocenters. The van der Waals surface area contributed by atoms with Crippen LogP contribution in [0.2, 0.25) is 5.02 Å². The summed E-state index contributed by atoms with van der Waals surface area (Å²) in [6.45, 7) is 3.50. The second-order valence-corrected chi connectivity index (χ2v) is 4.68. The maximum absolute atomic E-state index is 13.4. The first-order chi connectivity index (χ1) is 9.25. The molecule has 108 valence electrons. The Bertz CT molecular complexity index is 668. The summed E-state index contributed by atoms with van der Waals surface area (Å²) in [4.78, 5) is 3.53. The predicted octanol–water partition coefficient (Wildman–Crippen LogP) is 4.79. The van der Waals surface area contributed by atoms with Crippen LogP contribution in [0.4, 0.5) is 23.2 Å². The monoisotopic (exact) mass is 306 g/mol. The third kappa shape index (κ3) is 2.52. The Balaban J connectivity index is 2.87. The molecule has 0 radical (unpaired) electrons. The quantitative estimate of drug-likeness (QED) is 0.807. The normalized spacial score (nSPS) is 11.9. The fraction of sp³-hybridized carbons (Fsp3) is 0.308. The molecule has 1 aromatic carbocycles. The van der Waals surface area contributed by atoms with E-state index in [2.05, 4.69) is 10.3 Å². The van der Waals surface area contributed by atoms with E-state index >= 15 is 0 Å². The fourth-order valence-electron chi connectivity index (χ4n) is 2.03. The van der Waals surface area contributed by atoms with Gasteiger partial charge in [-0.3, -0.25) is 0 Å². The molecule has 2 rings (SSSR count). The highest BCUT2D eigenvalue weighted by Gasteiger charge is 2.36. The van der Waals surface area contributed by atoms with E-state index in [9.17, 15) is 17.6 Å². The zero-order valence-corrected chi connectivity index (χ0v) is 11.5. The van der Waals surface area contributed by atoms with E-state index in [1.807, 2.05) is 0 Å². The Morgan fingerprint density at radius 3 is 2.50 bits per heavy atom. The van der Waals surface area contributed by atoms with Gasteiger partial charge in [0.15, 0.2) is 0 Å². The van der Waals surface area contributed by atoms with E-state index < -0.39 is 17.7 Å². The molecule has 2 aromatic rings. The fourth-order valence-corrected chi connectivity index (χ4v) is 2.20. The lowest BCUT2D eigenvalue weighted by Gasteiger charge is -2.17.